The molecule has 0 fully saturated rings. The summed E-state index contributed by atoms with van der Waals surface area (Å²) in [6.07, 6.45) is 0. The van der Waals surface area contributed by atoms with E-state index in [-0.39, 0.29) is 0 Å². The SMILES string of the molecule is [CH2]c1cc(-n2nnnc2C)ccc1OC. The lowest BCUT2D eigenvalue weighted by Crippen LogP contribution is -2.00. The zero-order valence-corrected chi connectivity index (χ0v) is 8.64. The maximum atomic E-state index is 5.12. The van der Waals surface area contributed by atoms with E-state index in [1.807, 2.05) is 25.1 Å². The standard InChI is InChI=1S/C10H11N4O/c1-7-6-9(4-5-10(7)15-3)14-8(2)11-12-13-14/h4-6H,1H2,2-3H3. The molecule has 1 heterocycles. The highest BCUT2D eigenvalue weighted by Crippen LogP contribution is 2.20. The molecule has 0 saturated heterocycles. The quantitative estimate of drug-likeness (QED) is 0.735. The number of aromatic nitrogens is 4. The molecule has 5 nitrogen and oxygen atoms in total. The Morgan fingerprint density at radius 3 is 2.73 bits per heavy atom. The van der Waals surface area contributed by atoms with Gasteiger partial charge in [-0.05, 0) is 48.0 Å². The van der Waals surface area contributed by atoms with Crippen LogP contribution in [0.4, 0.5) is 0 Å². The topological polar surface area (TPSA) is 52.8 Å². The summed E-state index contributed by atoms with van der Waals surface area (Å²) in [5, 5.41) is 11.3. The minimum Gasteiger partial charge on any atom is -0.496 e. The zero-order valence-electron chi connectivity index (χ0n) is 8.64. The average molecular weight is 203 g/mol. The van der Waals surface area contributed by atoms with Crippen molar-refractivity contribution in [1.82, 2.24) is 20.2 Å². The monoisotopic (exact) mass is 203 g/mol. The second kappa shape index (κ2) is 3.68. The fraction of sp³-hybridized carbons (Fsp3) is 0.200. The predicted octanol–water partition coefficient (Wildman–Crippen LogP) is 1.16. The molecule has 0 aliphatic rings. The Labute approximate surface area is 87.7 Å². The number of hydrogen-bond donors (Lipinski definition) is 0. The van der Waals surface area contributed by atoms with Gasteiger partial charge in [-0.25, -0.2) is 0 Å². The van der Waals surface area contributed by atoms with Gasteiger partial charge in [-0.15, -0.1) is 5.10 Å². The van der Waals surface area contributed by atoms with Crippen LogP contribution in [0.5, 0.6) is 5.75 Å². The van der Waals surface area contributed by atoms with Crippen molar-refractivity contribution in [3.8, 4) is 11.4 Å². The van der Waals surface area contributed by atoms with Crippen molar-refractivity contribution in [3.05, 3.63) is 36.5 Å². The molecule has 15 heavy (non-hydrogen) atoms. The van der Waals surface area contributed by atoms with Gasteiger partial charge >= 0.3 is 0 Å². The van der Waals surface area contributed by atoms with E-state index in [1.54, 1.807) is 11.8 Å². The van der Waals surface area contributed by atoms with Crippen LogP contribution in [0.2, 0.25) is 0 Å². The predicted molar refractivity (Wildman–Crippen MR) is 54.9 cm³/mol. The lowest BCUT2D eigenvalue weighted by molar-refractivity contribution is 0.413. The van der Waals surface area contributed by atoms with Crippen LogP contribution >= 0.6 is 0 Å². The van der Waals surface area contributed by atoms with Crippen LogP contribution in [-0.2, 0) is 0 Å². The van der Waals surface area contributed by atoms with Gasteiger partial charge in [-0.2, -0.15) is 4.68 Å². The fourth-order valence-electron chi connectivity index (χ4n) is 1.37. The Balaban J connectivity index is 2.47. The number of tetrazole rings is 1. The molecule has 0 amide bonds. The summed E-state index contributed by atoms with van der Waals surface area (Å²) < 4.78 is 6.77. The largest absolute Gasteiger partial charge is 0.496 e. The second-order valence-electron chi connectivity index (χ2n) is 3.13. The molecule has 0 aliphatic heterocycles. The van der Waals surface area contributed by atoms with E-state index in [9.17, 15) is 0 Å². The molecule has 0 atom stereocenters. The lowest BCUT2D eigenvalue weighted by atomic mass is 10.2. The summed E-state index contributed by atoms with van der Waals surface area (Å²) in [6, 6.07) is 5.61. The molecule has 2 aromatic rings. The molecular weight excluding hydrogens is 192 g/mol. The summed E-state index contributed by atoms with van der Waals surface area (Å²) in [5.74, 6) is 1.49. The minimum absolute atomic E-state index is 0.736. The first kappa shape index (κ1) is 9.64. The highest BCUT2D eigenvalue weighted by Gasteiger charge is 2.05. The Bertz CT molecular complexity index is 478. The van der Waals surface area contributed by atoms with E-state index in [1.165, 1.54) is 0 Å². The first-order valence-electron chi connectivity index (χ1n) is 4.47. The Kier molecular flexibility index (Phi) is 2.37. The van der Waals surface area contributed by atoms with E-state index in [0.717, 1.165) is 22.8 Å². The first-order chi connectivity index (χ1) is 7.22. The summed E-state index contributed by atoms with van der Waals surface area (Å²) in [7, 11) is 1.62. The third-order valence-electron chi connectivity index (χ3n) is 2.13. The van der Waals surface area contributed by atoms with Gasteiger partial charge in [0.15, 0.2) is 5.82 Å². The Morgan fingerprint density at radius 2 is 2.20 bits per heavy atom. The van der Waals surface area contributed by atoms with Crippen LogP contribution in [0.25, 0.3) is 5.69 Å². The van der Waals surface area contributed by atoms with Gasteiger partial charge in [0.1, 0.15) is 5.75 Å². The van der Waals surface area contributed by atoms with Crippen LogP contribution in [0.15, 0.2) is 18.2 Å². The zero-order chi connectivity index (χ0) is 10.8. The van der Waals surface area contributed by atoms with E-state index in [0.29, 0.717) is 0 Å². The van der Waals surface area contributed by atoms with Crippen LogP contribution < -0.4 is 4.74 Å². The molecule has 1 radical (unpaired) electrons. The molecule has 0 unspecified atom stereocenters. The number of benzene rings is 1. The van der Waals surface area contributed by atoms with Gasteiger partial charge in [0.05, 0.1) is 12.8 Å². The first-order valence-corrected chi connectivity index (χ1v) is 4.47. The van der Waals surface area contributed by atoms with Crippen LogP contribution in [0, 0.1) is 13.8 Å². The lowest BCUT2D eigenvalue weighted by Gasteiger charge is -2.07. The maximum Gasteiger partial charge on any atom is 0.153 e. The highest BCUT2D eigenvalue weighted by atomic mass is 16.5. The molecule has 0 aliphatic carbocycles. The van der Waals surface area contributed by atoms with Crippen molar-refractivity contribution < 1.29 is 4.74 Å². The van der Waals surface area contributed by atoms with Crippen LogP contribution in [-0.4, -0.2) is 27.3 Å². The van der Waals surface area contributed by atoms with Crippen LogP contribution in [0.3, 0.4) is 0 Å². The third kappa shape index (κ3) is 1.68. The van der Waals surface area contributed by atoms with Crippen LogP contribution in [0.1, 0.15) is 11.4 Å². The van der Waals surface area contributed by atoms with E-state index < -0.39 is 0 Å². The summed E-state index contributed by atoms with van der Waals surface area (Å²) in [4.78, 5) is 0. The van der Waals surface area contributed by atoms with Crippen molar-refractivity contribution in [1.29, 1.82) is 0 Å². The molecule has 77 valence electrons. The van der Waals surface area contributed by atoms with Crippen molar-refractivity contribution in [2.75, 3.05) is 7.11 Å². The van der Waals surface area contributed by atoms with Gasteiger partial charge < -0.3 is 4.74 Å². The molecule has 0 bridgehead atoms. The Morgan fingerprint density at radius 1 is 1.40 bits per heavy atom. The molecule has 0 N–H and O–H groups in total. The smallest absolute Gasteiger partial charge is 0.153 e. The third-order valence-corrected chi connectivity index (χ3v) is 2.13. The fourth-order valence-corrected chi connectivity index (χ4v) is 1.37. The summed E-state index contributed by atoms with van der Waals surface area (Å²) in [6.45, 7) is 5.72. The van der Waals surface area contributed by atoms with Gasteiger partial charge in [0, 0.05) is 0 Å². The number of aryl methyl sites for hydroxylation is 1. The molecule has 0 saturated carbocycles. The van der Waals surface area contributed by atoms with Gasteiger partial charge in [0.25, 0.3) is 0 Å². The van der Waals surface area contributed by atoms with Crippen molar-refractivity contribution in [3.63, 3.8) is 0 Å². The highest BCUT2D eigenvalue weighted by molar-refractivity contribution is 5.45. The second-order valence-corrected chi connectivity index (χ2v) is 3.13. The number of ether oxygens (including phenoxy) is 1. The number of methoxy groups -OCH3 is 1. The molecule has 0 spiro atoms. The van der Waals surface area contributed by atoms with E-state index in [4.69, 9.17) is 4.74 Å². The van der Waals surface area contributed by atoms with Crippen molar-refractivity contribution >= 4 is 0 Å². The minimum atomic E-state index is 0.736. The summed E-state index contributed by atoms with van der Waals surface area (Å²) >= 11 is 0. The molecule has 2 rings (SSSR count). The summed E-state index contributed by atoms with van der Waals surface area (Å²) in [5.41, 5.74) is 1.69. The van der Waals surface area contributed by atoms with E-state index >= 15 is 0 Å². The molecule has 1 aromatic heterocycles. The van der Waals surface area contributed by atoms with Gasteiger partial charge in [-0.1, -0.05) is 0 Å². The van der Waals surface area contributed by atoms with Crippen molar-refractivity contribution in [2.45, 2.75) is 6.92 Å². The average Bonchev–Trinajstić information content (AvgIpc) is 2.64. The van der Waals surface area contributed by atoms with Crippen molar-refractivity contribution in [2.24, 2.45) is 0 Å². The molecule has 1 aromatic carbocycles. The molecular formula is C10H11N4O. The normalized spacial score (nSPS) is 10.3. The maximum absolute atomic E-state index is 5.12. The van der Waals surface area contributed by atoms with E-state index in [2.05, 4.69) is 22.4 Å². The number of nitrogens with zero attached hydrogens (tertiary/aromatic N) is 4. The Hall–Kier alpha value is -1.91. The van der Waals surface area contributed by atoms with Gasteiger partial charge in [0.2, 0.25) is 0 Å². The molecule has 5 heteroatoms. The number of hydrogen-bond acceptors (Lipinski definition) is 4. The number of rotatable bonds is 2. The van der Waals surface area contributed by atoms with Gasteiger partial charge in [-0.3, -0.25) is 0 Å².